The van der Waals surface area contributed by atoms with Crippen LogP contribution < -0.4 is 5.32 Å². The molecule has 1 atom stereocenters. The molecule has 0 fully saturated rings. The predicted octanol–water partition coefficient (Wildman–Crippen LogP) is 10.7. The van der Waals surface area contributed by atoms with Gasteiger partial charge in [0.15, 0.2) is 5.58 Å². The number of nitrogens with one attached hydrogen (secondary N) is 1. The Morgan fingerprint density at radius 3 is 1.84 bits per heavy atom. The lowest BCUT2D eigenvalue weighted by Crippen LogP contribution is -2.35. The Hall–Kier alpha value is -6.92. The molecule has 6 nitrogen and oxygen atoms in total. The minimum atomic E-state index is -0.351. The van der Waals surface area contributed by atoms with Crippen molar-refractivity contribution in [2.75, 3.05) is 0 Å². The van der Waals surface area contributed by atoms with Crippen molar-refractivity contribution in [3.05, 3.63) is 175 Å². The molecule has 0 saturated heterocycles. The van der Waals surface area contributed by atoms with Gasteiger partial charge in [0.25, 0.3) is 0 Å². The van der Waals surface area contributed by atoms with Gasteiger partial charge in [-0.3, -0.25) is 4.57 Å². The van der Waals surface area contributed by atoms with Crippen LogP contribution in [0.5, 0.6) is 0 Å². The number of para-hydroxylation sites is 4. The molecule has 1 aliphatic heterocycles. The highest BCUT2D eigenvalue weighted by Gasteiger charge is 2.30. The van der Waals surface area contributed by atoms with E-state index in [1.54, 1.807) is 0 Å². The summed E-state index contributed by atoms with van der Waals surface area (Å²) in [6.07, 6.45) is -0.351. The molecule has 0 aliphatic carbocycles. The number of hydrogen-bond acceptors (Lipinski definition) is 4. The molecular formula is C45H29N5O. The quantitative estimate of drug-likeness (QED) is 0.206. The van der Waals surface area contributed by atoms with Crippen molar-refractivity contribution >= 4 is 77.3 Å². The summed E-state index contributed by atoms with van der Waals surface area (Å²) in [5.41, 5.74) is 9.04. The van der Waals surface area contributed by atoms with Gasteiger partial charge in [-0.1, -0.05) is 133 Å². The Labute approximate surface area is 292 Å². The maximum atomic E-state index is 6.97. The van der Waals surface area contributed by atoms with Gasteiger partial charge < -0.3 is 14.3 Å². The molecule has 10 aromatic rings. The fourth-order valence-electron chi connectivity index (χ4n) is 8.02. The Kier molecular flexibility index (Phi) is 5.92. The average Bonchev–Trinajstić information content (AvgIpc) is 3.87. The van der Waals surface area contributed by atoms with E-state index < -0.39 is 0 Å². The first-order valence-electron chi connectivity index (χ1n) is 17.2. The van der Waals surface area contributed by atoms with E-state index in [0.29, 0.717) is 5.96 Å². The van der Waals surface area contributed by atoms with Gasteiger partial charge in [0.1, 0.15) is 23.1 Å². The molecular weight excluding hydrogens is 627 g/mol. The molecule has 6 heteroatoms. The summed E-state index contributed by atoms with van der Waals surface area (Å²) in [4.78, 5) is 10.7. The first-order valence-corrected chi connectivity index (χ1v) is 17.2. The van der Waals surface area contributed by atoms with Crippen molar-refractivity contribution in [3.8, 4) is 5.69 Å². The first kappa shape index (κ1) is 28.0. The summed E-state index contributed by atoms with van der Waals surface area (Å²) in [5, 5.41) is 10.4. The summed E-state index contributed by atoms with van der Waals surface area (Å²) in [6.45, 7) is 0. The first-order chi connectivity index (χ1) is 25.3. The third kappa shape index (κ3) is 4.04. The van der Waals surface area contributed by atoms with Gasteiger partial charge in [-0.15, -0.1) is 0 Å². The number of benzene rings is 7. The van der Waals surface area contributed by atoms with E-state index in [4.69, 9.17) is 14.4 Å². The molecule has 1 N–H and O–H groups in total. The number of aromatic nitrogens is 2. The van der Waals surface area contributed by atoms with E-state index in [2.05, 4.69) is 148 Å². The molecule has 0 spiro atoms. The lowest BCUT2D eigenvalue weighted by molar-refractivity contribution is 0.665. The van der Waals surface area contributed by atoms with Crippen LogP contribution in [0.15, 0.2) is 178 Å². The summed E-state index contributed by atoms with van der Waals surface area (Å²) in [7, 11) is 0. The highest BCUT2D eigenvalue weighted by atomic mass is 16.3. The van der Waals surface area contributed by atoms with Crippen LogP contribution in [0.3, 0.4) is 0 Å². The third-order valence-corrected chi connectivity index (χ3v) is 10.2. The van der Waals surface area contributed by atoms with Gasteiger partial charge in [0, 0.05) is 43.6 Å². The fraction of sp³-hybridized carbons (Fsp3) is 0.0222. The normalized spacial score (nSPS) is 14.9. The molecule has 240 valence electrons. The van der Waals surface area contributed by atoms with E-state index >= 15 is 0 Å². The van der Waals surface area contributed by atoms with Crippen LogP contribution in [-0.2, 0) is 0 Å². The number of furan rings is 1. The predicted molar refractivity (Wildman–Crippen MR) is 209 cm³/mol. The van der Waals surface area contributed by atoms with Crippen molar-refractivity contribution < 1.29 is 4.42 Å². The molecule has 0 radical (unpaired) electrons. The maximum absolute atomic E-state index is 6.97. The molecule has 51 heavy (non-hydrogen) atoms. The number of rotatable bonds is 3. The number of amidine groups is 1. The maximum Gasteiger partial charge on any atom is 0.234 e. The van der Waals surface area contributed by atoms with Crippen LogP contribution in [0.25, 0.3) is 71.2 Å². The van der Waals surface area contributed by atoms with Gasteiger partial charge in [-0.2, -0.15) is 4.99 Å². The summed E-state index contributed by atoms with van der Waals surface area (Å²) in [6, 6.07) is 57.0. The van der Waals surface area contributed by atoms with Crippen molar-refractivity contribution in [3.63, 3.8) is 0 Å². The van der Waals surface area contributed by atoms with Gasteiger partial charge >= 0.3 is 0 Å². The van der Waals surface area contributed by atoms with Crippen LogP contribution in [0.2, 0.25) is 0 Å². The zero-order valence-electron chi connectivity index (χ0n) is 27.4. The summed E-state index contributed by atoms with van der Waals surface area (Å²) < 4.78 is 11.6. The second-order valence-electron chi connectivity index (χ2n) is 13.0. The van der Waals surface area contributed by atoms with E-state index in [-0.39, 0.29) is 6.17 Å². The molecule has 0 saturated carbocycles. The Bertz CT molecular complexity index is 3040. The molecule has 1 unspecified atom stereocenters. The molecule has 4 heterocycles. The minimum Gasteiger partial charge on any atom is -0.454 e. The Balaban J connectivity index is 1.37. The number of hydrogen-bond donors (Lipinski definition) is 1. The molecule has 3 aromatic heterocycles. The zero-order chi connectivity index (χ0) is 33.5. The largest absolute Gasteiger partial charge is 0.454 e. The second kappa shape index (κ2) is 10.8. The standard InChI is InChI=1S/C45H29N5O/c1-4-16-28(17-5-1)43-46-44(29-18-6-2-7-19-29)48-45(47-43)50-35-26-14-11-23-32(35)39-40-37(38-33-24-12-15-27-36(33)51-42(38)41(39)50)31-22-10-13-25-34(31)49(40)30-20-8-3-9-21-30/h1-27,43H,(H,46,47,48). The molecule has 1 aliphatic rings. The summed E-state index contributed by atoms with van der Waals surface area (Å²) in [5.74, 6) is 1.36. The SMILES string of the molecule is c1ccc(C2=NC(n3c4ccccc4c4c3c3oc5ccccc5c3c3c5ccccc5n(-c5ccccc5)c34)=NC(c3ccccc3)N2)cc1. The lowest BCUT2D eigenvalue weighted by atomic mass is 10.0. The number of nitrogens with zero attached hydrogens (tertiary/aromatic N) is 4. The van der Waals surface area contributed by atoms with Crippen LogP contribution in [-0.4, -0.2) is 20.9 Å². The van der Waals surface area contributed by atoms with Crippen molar-refractivity contribution in [2.24, 2.45) is 9.98 Å². The van der Waals surface area contributed by atoms with Crippen LogP contribution in [0.1, 0.15) is 17.3 Å². The third-order valence-electron chi connectivity index (χ3n) is 10.2. The molecule has 11 rings (SSSR count). The van der Waals surface area contributed by atoms with Crippen molar-refractivity contribution in [2.45, 2.75) is 6.17 Å². The molecule has 0 amide bonds. The smallest absolute Gasteiger partial charge is 0.234 e. The minimum absolute atomic E-state index is 0.351. The van der Waals surface area contributed by atoms with Crippen molar-refractivity contribution in [1.82, 2.24) is 14.5 Å². The zero-order valence-corrected chi connectivity index (χ0v) is 27.4. The van der Waals surface area contributed by atoms with Gasteiger partial charge in [0.2, 0.25) is 5.96 Å². The average molecular weight is 656 g/mol. The van der Waals surface area contributed by atoms with E-state index in [1.807, 2.05) is 30.3 Å². The Morgan fingerprint density at radius 2 is 1.10 bits per heavy atom. The Morgan fingerprint density at radius 1 is 0.510 bits per heavy atom. The molecule has 0 bridgehead atoms. The van der Waals surface area contributed by atoms with Crippen molar-refractivity contribution in [1.29, 1.82) is 0 Å². The van der Waals surface area contributed by atoms with Gasteiger partial charge in [0.05, 0.1) is 16.6 Å². The van der Waals surface area contributed by atoms with Crippen LogP contribution >= 0.6 is 0 Å². The van der Waals surface area contributed by atoms with Gasteiger partial charge in [-0.25, -0.2) is 4.99 Å². The van der Waals surface area contributed by atoms with Crippen LogP contribution in [0.4, 0.5) is 0 Å². The van der Waals surface area contributed by atoms with E-state index in [1.165, 1.54) is 10.8 Å². The van der Waals surface area contributed by atoms with Gasteiger partial charge in [-0.05, 0) is 35.9 Å². The van der Waals surface area contributed by atoms with E-state index in [0.717, 1.165) is 77.4 Å². The molecule has 7 aromatic carbocycles. The number of aliphatic imine (C=N–C) groups is 2. The highest BCUT2D eigenvalue weighted by Crippen LogP contribution is 2.48. The monoisotopic (exact) mass is 655 g/mol. The van der Waals surface area contributed by atoms with E-state index in [9.17, 15) is 0 Å². The lowest BCUT2D eigenvalue weighted by Gasteiger charge is -2.24. The second-order valence-corrected chi connectivity index (χ2v) is 13.0. The number of fused-ring (bicyclic) bond motifs is 12. The highest BCUT2D eigenvalue weighted by molar-refractivity contribution is 6.40. The fourth-order valence-corrected chi connectivity index (χ4v) is 8.02. The van der Waals surface area contributed by atoms with Crippen LogP contribution in [0, 0.1) is 0 Å². The summed E-state index contributed by atoms with van der Waals surface area (Å²) >= 11 is 0. The topological polar surface area (TPSA) is 59.8 Å².